The second kappa shape index (κ2) is 7.19. The summed E-state index contributed by atoms with van der Waals surface area (Å²) in [4.78, 5) is 25.6. The average molecular weight is 323 g/mol. The Morgan fingerprint density at radius 1 is 1.36 bits per heavy atom. The summed E-state index contributed by atoms with van der Waals surface area (Å²) < 4.78 is 10.1. The number of thiophene rings is 1. The highest BCUT2D eigenvalue weighted by Crippen LogP contribution is 2.24. The Hall–Kier alpha value is -2.19. The molecule has 22 heavy (non-hydrogen) atoms. The first-order valence-corrected chi connectivity index (χ1v) is 7.43. The fraction of sp³-hybridized carbons (Fsp3) is 0.357. The molecular weight excluding hydrogens is 306 g/mol. The van der Waals surface area contributed by atoms with Crippen LogP contribution in [-0.4, -0.2) is 30.6 Å². The van der Waals surface area contributed by atoms with Crippen LogP contribution in [0.4, 0.5) is 5.82 Å². The van der Waals surface area contributed by atoms with Crippen LogP contribution in [0.1, 0.15) is 21.6 Å². The number of nitrogens with zero attached hydrogens (tertiary/aromatic N) is 1. The van der Waals surface area contributed by atoms with Gasteiger partial charge in [-0.25, -0.2) is 0 Å². The van der Waals surface area contributed by atoms with Crippen molar-refractivity contribution in [3.63, 3.8) is 0 Å². The maximum atomic E-state index is 11.8. The molecule has 0 saturated carbocycles. The zero-order chi connectivity index (χ0) is 16.1. The van der Waals surface area contributed by atoms with Crippen LogP contribution in [0.2, 0.25) is 0 Å². The molecular formula is C14H17N3O4S. The number of nitrogens with one attached hydrogen (secondary N) is 2. The van der Waals surface area contributed by atoms with E-state index >= 15 is 0 Å². The molecule has 2 amide bonds. The van der Waals surface area contributed by atoms with Gasteiger partial charge in [0.05, 0.1) is 0 Å². The number of rotatable bonds is 5. The quantitative estimate of drug-likeness (QED) is 0.818. The Morgan fingerprint density at radius 2 is 2.14 bits per heavy atom. The fourth-order valence-corrected chi connectivity index (χ4v) is 2.75. The summed E-state index contributed by atoms with van der Waals surface area (Å²) >= 11 is 1.59. The van der Waals surface area contributed by atoms with Gasteiger partial charge < -0.3 is 14.6 Å². The molecule has 0 aromatic carbocycles. The second-order valence-corrected chi connectivity index (χ2v) is 5.98. The molecule has 2 aromatic heterocycles. The van der Waals surface area contributed by atoms with Crippen molar-refractivity contribution in [1.82, 2.24) is 10.5 Å². The van der Waals surface area contributed by atoms with Gasteiger partial charge in [-0.3, -0.25) is 14.9 Å². The molecule has 0 aliphatic rings. The van der Waals surface area contributed by atoms with E-state index in [1.807, 2.05) is 19.1 Å². The summed E-state index contributed by atoms with van der Waals surface area (Å²) in [5.41, 5.74) is 0. The second-order valence-electron chi connectivity index (χ2n) is 4.66. The Bertz CT molecular complexity index is 665. The number of amides is 2. The third-order valence-corrected chi connectivity index (χ3v) is 3.98. The van der Waals surface area contributed by atoms with Gasteiger partial charge in [-0.1, -0.05) is 5.16 Å². The number of carbonyl (C=O) groups excluding carboxylic acids is 2. The summed E-state index contributed by atoms with van der Waals surface area (Å²) in [6, 6.07) is 5.45. The van der Waals surface area contributed by atoms with Crippen LogP contribution in [-0.2, 0) is 14.3 Å². The Labute approximate surface area is 131 Å². The lowest BCUT2D eigenvalue weighted by molar-refractivity contribution is -0.136. The molecule has 118 valence electrons. The molecule has 0 fully saturated rings. The van der Waals surface area contributed by atoms with Gasteiger partial charge in [0, 0.05) is 29.5 Å². The van der Waals surface area contributed by atoms with Gasteiger partial charge in [0.2, 0.25) is 0 Å². The van der Waals surface area contributed by atoms with Crippen molar-refractivity contribution in [3.05, 3.63) is 33.7 Å². The molecule has 0 bridgehead atoms. The lowest BCUT2D eigenvalue weighted by Crippen LogP contribution is -2.37. The molecule has 2 N–H and O–H groups in total. The van der Waals surface area contributed by atoms with Crippen molar-refractivity contribution in [2.24, 2.45) is 0 Å². The molecule has 2 rings (SSSR count). The topological polar surface area (TPSA) is 93.5 Å². The number of carbonyl (C=O) groups is 2. The van der Waals surface area contributed by atoms with Crippen LogP contribution < -0.4 is 10.6 Å². The number of hydrogen-bond acceptors (Lipinski definition) is 6. The number of anilines is 1. The van der Waals surface area contributed by atoms with Crippen molar-refractivity contribution >= 4 is 29.0 Å². The lowest BCUT2D eigenvalue weighted by Gasteiger charge is -2.14. The first-order valence-electron chi connectivity index (χ1n) is 6.61. The van der Waals surface area contributed by atoms with E-state index in [1.165, 1.54) is 6.07 Å². The molecule has 0 saturated heterocycles. The fourth-order valence-electron chi connectivity index (χ4n) is 1.79. The average Bonchev–Trinajstić information content (AvgIpc) is 3.08. The predicted octanol–water partition coefficient (Wildman–Crippen LogP) is 1.80. The molecule has 0 aliphatic carbocycles. The molecule has 1 unspecified atom stereocenters. The summed E-state index contributed by atoms with van der Waals surface area (Å²) in [5.74, 6) is -0.806. The first kappa shape index (κ1) is 16.2. The Kier molecular flexibility index (Phi) is 5.29. The van der Waals surface area contributed by atoms with Gasteiger partial charge in [0.15, 0.2) is 5.82 Å². The largest absolute Gasteiger partial charge is 0.374 e. The van der Waals surface area contributed by atoms with E-state index in [0.717, 1.165) is 9.75 Å². The maximum Gasteiger partial charge on any atom is 0.314 e. The lowest BCUT2D eigenvalue weighted by atomic mass is 10.3. The van der Waals surface area contributed by atoms with Crippen LogP contribution >= 0.6 is 11.3 Å². The molecule has 2 aromatic rings. The van der Waals surface area contributed by atoms with Gasteiger partial charge in [-0.2, -0.15) is 0 Å². The van der Waals surface area contributed by atoms with Gasteiger partial charge in [-0.05, 0) is 26.0 Å². The molecule has 0 radical (unpaired) electrons. The first-order chi connectivity index (χ1) is 10.5. The number of aryl methyl sites for hydroxylation is 2. The van der Waals surface area contributed by atoms with Gasteiger partial charge in [-0.15, -0.1) is 11.3 Å². The minimum Gasteiger partial charge on any atom is -0.374 e. The summed E-state index contributed by atoms with van der Waals surface area (Å²) in [6.45, 7) is 3.89. The van der Waals surface area contributed by atoms with E-state index in [1.54, 1.807) is 25.4 Å². The summed E-state index contributed by atoms with van der Waals surface area (Å²) in [6.07, 6.45) is -0.287. The molecule has 2 heterocycles. The molecule has 1 atom stereocenters. The minimum absolute atomic E-state index is 0.204. The van der Waals surface area contributed by atoms with E-state index < -0.39 is 11.8 Å². The molecule has 0 spiro atoms. The van der Waals surface area contributed by atoms with Crippen LogP contribution in [0.3, 0.4) is 0 Å². The normalized spacial score (nSPS) is 12.0. The number of methoxy groups -OCH3 is 1. The van der Waals surface area contributed by atoms with Gasteiger partial charge in [0.1, 0.15) is 11.9 Å². The van der Waals surface area contributed by atoms with Crippen LogP contribution in [0, 0.1) is 13.8 Å². The SMILES string of the molecule is COC(CNC(=O)C(=O)Nc1cc(C)on1)c1ccc(C)s1. The number of hydrogen-bond donors (Lipinski definition) is 2. The Balaban J connectivity index is 1.86. The highest BCUT2D eigenvalue weighted by molar-refractivity contribution is 7.12. The summed E-state index contributed by atoms with van der Waals surface area (Å²) in [5, 5.41) is 8.48. The standard InChI is InChI=1S/C14H17N3O4S/c1-8-6-12(17-21-8)16-14(19)13(18)15-7-10(20-3)11-5-4-9(2)22-11/h4-6,10H,7H2,1-3H3,(H,15,18)(H,16,17,19). The third-order valence-electron chi connectivity index (χ3n) is 2.89. The van der Waals surface area contributed by atoms with Crippen molar-refractivity contribution in [3.8, 4) is 0 Å². The highest BCUT2D eigenvalue weighted by atomic mass is 32.1. The van der Waals surface area contributed by atoms with Crippen LogP contribution in [0.25, 0.3) is 0 Å². The van der Waals surface area contributed by atoms with Crippen molar-refractivity contribution < 1.29 is 18.8 Å². The van der Waals surface area contributed by atoms with E-state index in [9.17, 15) is 9.59 Å². The highest BCUT2D eigenvalue weighted by Gasteiger charge is 2.19. The van der Waals surface area contributed by atoms with E-state index in [-0.39, 0.29) is 18.5 Å². The van der Waals surface area contributed by atoms with Crippen LogP contribution in [0.5, 0.6) is 0 Å². The minimum atomic E-state index is -0.800. The van der Waals surface area contributed by atoms with Crippen molar-refractivity contribution in [2.75, 3.05) is 19.0 Å². The van der Waals surface area contributed by atoms with Crippen molar-refractivity contribution in [2.45, 2.75) is 20.0 Å². The molecule has 0 aliphatic heterocycles. The van der Waals surface area contributed by atoms with Gasteiger partial charge in [0.25, 0.3) is 0 Å². The number of aromatic nitrogens is 1. The maximum absolute atomic E-state index is 11.8. The third kappa shape index (κ3) is 4.15. The van der Waals surface area contributed by atoms with E-state index in [4.69, 9.17) is 9.26 Å². The van der Waals surface area contributed by atoms with Crippen LogP contribution in [0.15, 0.2) is 22.7 Å². The zero-order valence-corrected chi connectivity index (χ0v) is 13.3. The number of ether oxygens (including phenoxy) is 1. The molecule has 8 heteroatoms. The summed E-state index contributed by atoms with van der Waals surface area (Å²) in [7, 11) is 1.56. The van der Waals surface area contributed by atoms with E-state index in [2.05, 4.69) is 15.8 Å². The van der Waals surface area contributed by atoms with E-state index in [0.29, 0.717) is 5.76 Å². The monoisotopic (exact) mass is 323 g/mol. The smallest absolute Gasteiger partial charge is 0.314 e. The molecule has 7 nitrogen and oxygen atoms in total. The Morgan fingerprint density at radius 3 is 2.68 bits per heavy atom. The zero-order valence-electron chi connectivity index (χ0n) is 12.5. The van der Waals surface area contributed by atoms with Crippen molar-refractivity contribution in [1.29, 1.82) is 0 Å². The predicted molar refractivity (Wildman–Crippen MR) is 81.7 cm³/mol. The van der Waals surface area contributed by atoms with Gasteiger partial charge >= 0.3 is 11.8 Å².